The minimum Gasteiger partial charge on any atom is -0.361 e. The Bertz CT molecular complexity index is 1850. The van der Waals surface area contributed by atoms with Gasteiger partial charge in [0, 0.05) is 17.3 Å². The summed E-state index contributed by atoms with van der Waals surface area (Å²) in [6.45, 7) is 0. The number of rotatable bonds is 4. The maximum atomic E-state index is 3.65. The van der Waals surface area contributed by atoms with Crippen LogP contribution in [0.5, 0.6) is 0 Å². The van der Waals surface area contributed by atoms with Crippen molar-refractivity contribution in [3.05, 3.63) is 180 Å². The fraction of sp³-hybridized carbons (Fsp3) is 0.122. The van der Waals surface area contributed by atoms with E-state index in [1.165, 1.54) is 55.8 Å². The van der Waals surface area contributed by atoms with Gasteiger partial charge in [0.15, 0.2) is 0 Å². The van der Waals surface area contributed by atoms with Gasteiger partial charge in [-0.15, -0.1) is 0 Å². The Morgan fingerprint density at radius 3 is 1.93 bits per heavy atom. The van der Waals surface area contributed by atoms with Gasteiger partial charge in [-0.2, -0.15) is 0 Å². The molecule has 204 valence electrons. The van der Waals surface area contributed by atoms with Crippen molar-refractivity contribution in [2.24, 2.45) is 11.8 Å². The van der Waals surface area contributed by atoms with E-state index in [0.717, 1.165) is 18.5 Å². The maximum Gasteiger partial charge on any atom is 0.0533 e. The van der Waals surface area contributed by atoms with Crippen LogP contribution in [0.15, 0.2) is 164 Å². The third-order valence-electron chi connectivity index (χ3n) is 8.74. The molecule has 0 fully saturated rings. The van der Waals surface area contributed by atoms with E-state index in [9.17, 15) is 0 Å². The van der Waals surface area contributed by atoms with Gasteiger partial charge in [0.05, 0.1) is 5.70 Å². The number of hydrogen-bond donors (Lipinski definition) is 1. The minimum absolute atomic E-state index is 0.494. The predicted molar refractivity (Wildman–Crippen MR) is 178 cm³/mol. The summed E-state index contributed by atoms with van der Waals surface area (Å²) in [6, 6.07) is 37.3. The highest BCUT2D eigenvalue weighted by Crippen LogP contribution is 2.39. The normalized spacial score (nSPS) is 23.6. The zero-order chi connectivity index (χ0) is 28.1. The predicted octanol–water partition coefficient (Wildman–Crippen LogP) is 8.47. The van der Waals surface area contributed by atoms with Crippen molar-refractivity contribution in [2.45, 2.75) is 19.3 Å². The molecule has 3 aliphatic rings. The molecular weight excluding hydrogens is 506 g/mol. The molecule has 4 aromatic carbocycles. The van der Waals surface area contributed by atoms with E-state index in [1.54, 1.807) is 0 Å². The number of fused-ring (bicyclic) bond motifs is 2. The number of nitrogens with one attached hydrogen (secondary N) is 1. The smallest absolute Gasteiger partial charge is 0.0533 e. The third-order valence-corrected chi connectivity index (χ3v) is 8.74. The lowest BCUT2D eigenvalue weighted by molar-refractivity contribution is 0.475. The highest BCUT2D eigenvalue weighted by atomic mass is 14.8. The zero-order valence-electron chi connectivity index (χ0n) is 23.8. The van der Waals surface area contributed by atoms with Crippen molar-refractivity contribution in [1.82, 2.24) is 5.32 Å². The lowest BCUT2D eigenvalue weighted by Gasteiger charge is -2.31. The Labute approximate surface area is 249 Å². The van der Waals surface area contributed by atoms with Crippen LogP contribution in [0.1, 0.15) is 24.8 Å². The molecule has 0 bridgehead atoms. The topological polar surface area (TPSA) is 12.0 Å². The summed E-state index contributed by atoms with van der Waals surface area (Å²) in [5.41, 5.74) is 10.1. The van der Waals surface area contributed by atoms with Gasteiger partial charge >= 0.3 is 0 Å². The van der Waals surface area contributed by atoms with Gasteiger partial charge in [0.25, 0.3) is 0 Å². The van der Waals surface area contributed by atoms with E-state index in [-0.39, 0.29) is 0 Å². The molecule has 0 spiro atoms. The SMILES string of the molecule is C1=CC2C=CCCC2C(/C2=c3\cccc\c3=C(/c3ccc(-c4ccc(-c5ccccc5)cc4)cc3)N/C=C\C=C/C2)=C1. The molecule has 1 N–H and O–H groups in total. The van der Waals surface area contributed by atoms with Crippen LogP contribution >= 0.6 is 0 Å². The van der Waals surface area contributed by atoms with Gasteiger partial charge in [-0.3, -0.25) is 0 Å². The fourth-order valence-electron chi connectivity index (χ4n) is 6.58. The van der Waals surface area contributed by atoms with E-state index in [4.69, 9.17) is 0 Å². The third kappa shape index (κ3) is 5.27. The quantitative estimate of drug-likeness (QED) is 0.256. The van der Waals surface area contributed by atoms with Gasteiger partial charge in [0.1, 0.15) is 0 Å². The molecule has 0 amide bonds. The van der Waals surface area contributed by atoms with Gasteiger partial charge in [-0.25, -0.2) is 0 Å². The molecule has 7 rings (SSSR count). The average Bonchev–Trinajstić information content (AvgIpc) is 3.07. The Morgan fingerprint density at radius 1 is 0.548 bits per heavy atom. The molecule has 2 atom stereocenters. The van der Waals surface area contributed by atoms with Crippen LogP contribution in [0.2, 0.25) is 0 Å². The number of hydrogen-bond acceptors (Lipinski definition) is 1. The Balaban J connectivity index is 1.31. The summed E-state index contributed by atoms with van der Waals surface area (Å²) >= 11 is 0. The van der Waals surface area contributed by atoms with Crippen molar-refractivity contribution >= 4 is 11.3 Å². The van der Waals surface area contributed by atoms with Crippen molar-refractivity contribution in [1.29, 1.82) is 0 Å². The second kappa shape index (κ2) is 11.9. The van der Waals surface area contributed by atoms with Gasteiger partial charge in [-0.05, 0) is 75.4 Å². The summed E-state index contributed by atoms with van der Waals surface area (Å²) in [5.74, 6) is 1.03. The van der Waals surface area contributed by atoms with Crippen LogP contribution < -0.4 is 15.8 Å². The van der Waals surface area contributed by atoms with Crippen LogP contribution in [0.4, 0.5) is 0 Å². The Kier molecular flexibility index (Phi) is 7.40. The first kappa shape index (κ1) is 26.0. The number of allylic oxidation sites excluding steroid dienone is 9. The largest absolute Gasteiger partial charge is 0.361 e. The van der Waals surface area contributed by atoms with Crippen LogP contribution in [0, 0.1) is 11.8 Å². The van der Waals surface area contributed by atoms with Gasteiger partial charge in [-0.1, -0.05) is 146 Å². The maximum absolute atomic E-state index is 3.65. The van der Waals surface area contributed by atoms with Gasteiger partial charge in [0.2, 0.25) is 0 Å². The van der Waals surface area contributed by atoms with Crippen LogP contribution in [-0.2, 0) is 0 Å². The molecule has 0 saturated carbocycles. The summed E-state index contributed by atoms with van der Waals surface area (Å²) in [5, 5.41) is 6.21. The van der Waals surface area contributed by atoms with Crippen LogP contribution in [-0.4, -0.2) is 0 Å². The summed E-state index contributed by atoms with van der Waals surface area (Å²) < 4.78 is 0. The molecule has 2 unspecified atom stereocenters. The van der Waals surface area contributed by atoms with Crippen molar-refractivity contribution in [3.8, 4) is 22.3 Å². The zero-order valence-corrected chi connectivity index (χ0v) is 23.8. The molecule has 1 heterocycles. The molecule has 1 heteroatoms. The average molecular weight is 542 g/mol. The molecule has 42 heavy (non-hydrogen) atoms. The molecular formula is C41H35N. The minimum atomic E-state index is 0.494. The van der Waals surface area contributed by atoms with Crippen molar-refractivity contribution in [2.75, 3.05) is 0 Å². The van der Waals surface area contributed by atoms with E-state index in [1.807, 2.05) is 6.20 Å². The first-order chi connectivity index (χ1) is 20.8. The molecule has 1 nitrogen and oxygen atoms in total. The Hall–Kier alpha value is -4.88. The van der Waals surface area contributed by atoms with Crippen LogP contribution in [0.25, 0.3) is 33.5 Å². The van der Waals surface area contributed by atoms with E-state index in [2.05, 4.69) is 157 Å². The summed E-state index contributed by atoms with van der Waals surface area (Å²) in [4.78, 5) is 0. The molecule has 0 aromatic heterocycles. The van der Waals surface area contributed by atoms with E-state index in [0.29, 0.717) is 11.8 Å². The molecule has 1 aliphatic heterocycles. The standard InChI is InChI=1S/C41H35N/c1-3-12-30(13-4-1)31-21-23-32(24-22-31)33-25-27-35(28-26-33)41-40-19-9-8-18-39(40)38(17-5-2-10-29-42-41)37-20-11-15-34-14-6-7-16-36(34)37/h1-6,8-15,18-29,34,36,42H,7,16-17H2/b5-2-,29-10-,39-38+,41-40-. The Morgan fingerprint density at radius 2 is 1.19 bits per heavy atom. The summed E-state index contributed by atoms with van der Waals surface area (Å²) in [7, 11) is 0. The van der Waals surface area contributed by atoms with Gasteiger partial charge < -0.3 is 5.32 Å². The molecule has 0 saturated heterocycles. The highest BCUT2D eigenvalue weighted by Gasteiger charge is 2.27. The molecule has 4 aromatic rings. The monoisotopic (exact) mass is 541 g/mol. The highest BCUT2D eigenvalue weighted by molar-refractivity contribution is 5.75. The first-order valence-corrected chi connectivity index (χ1v) is 15.1. The lowest BCUT2D eigenvalue weighted by atomic mass is 9.73. The van der Waals surface area contributed by atoms with Crippen LogP contribution in [0.3, 0.4) is 0 Å². The van der Waals surface area contributed by atoms with E-state index < -0.39 is 0 Å². The second-order valence-electron chi connectivity index (χ2n) is 11.3. The van der Waals surface area contributed by atoms with Crippen molar-refractivity contribution in [3.63, 3.8) is 0 Å². The first-order valence-electron chi connectivity index (χ1n) is 15.1. The number of benzene rings is 4. The fourth-order valence-corrected chi connectivity index (χ4v) is 6.58. The molecule has 0 radical (unpaired) electrons. The second-order valence-corrected chi connectivity index (χ2v) is 11.3. The van der Waals surface area contributed by atoms with Crippen molar-refractivity contribution < 1.29 is 0 Å². The lowest BCUT2D eigenvalue weighted by Crippen LogP contribution is -2.34. The summed E-state index contributed by atoms with van der Waals surface area (Å²) in [6.07, 6.45) is 23.6. The molecule has 2 aliphatic carbocycles. The van der Waals surface area contributed by atoms with E-state index >= 15 is 0 Å².